The van der Waals surface area contributed by atoms with E-state index < -0.39 is 27.7 Å². The second-order valence-electron chi connectivity index (χ2n) is 4.27. The van der Waals surface area contributed by atoms with Gasteiger partial charge in [-0.3, -0.25) is 9.35 Å². The molecule has 0 aliphatic carbocycles. The van der Waals surface area contributed by atoms with Crippen LogP contribution in [0.1, 0.15) is 27.6 Å². The summed E-state index contributed by atoms with van der Waals surface area (Å²) in [6.45, 7) is 1.56. The van der Waals surface area contributed by atoms with Crippen molar-refractivity contribution in [1.82, 2.24) is 5.32 Å². The van der Waals surface area contributed by atoms with E-state index in [0.717, 1.165) is 7.14 Å². The van der Waals surface area contributed by atoms with E-state index in [1.807, 2.05) is 45.2 Å². The van der Waals surface area contributed by atoms with Crippen molar-refractivity contribution in [2.75, 3.05) is 18.9 Å². The lowest BCUT2D eigenvalue weighted by Gasteiger charge is -2.16. The number of carbonyl (C=O) groups is 2. The number of amides is 1. The number of esters is 1. The molecule has 0 radical (unpaired) electrons. The zero-order valence-corrected chi connectivity index (χ0v) is 21.5. The first-order valence-electron chi connectivity index (χ1n) is 6.27. The molecule has 0 aromatic heterocycles. The molecule has 2 N–H and O–H groups in total. The molecular weight excluding hydrogens is 794 g/mol. The number of halogens is 4. The summed E-state index contributed by atoms with van der Waals surface area (Å²) in [4.78, 5) is 24.8. The number of benzene rings is 1. The van der Waals surface area contributed by atoms with E-state index in [1.54, 1.807) is 6.92 Å². The first-order chi connectivity index (χ1) is 11.0. The molecule has 24 heavy (non-hydrogen) atoms. The summed E-state index contributed by atoms with van der Waals surface area (Å²) < 4.78 is 38.1. The predicted molar refractivity (Wildman–Crippen MR) is 122 cm³/mol. The Morgan fingerprint density at radius 3 is 2.00 bits per heavy atom. The summed E-state index contributed by atoms with van der Waals surface area (Å²) in [5.41, 5.74) is 0.287. The molecule has 0 atom stereocenters. The van der Waals surface area contributed by atoms with Crippen LogP contribution in [0.15, 0.2) is 0 Å². The van der Waals surface area contributed by atoms with Gasteiger partial charge in [-0.2, -0.15) is 8.42 Å². The van der Waals surface area contributed by atoms with Crippen molar-refractivity contribution in [3.8, 4) is 0 Å². The van der Waals surface area contributed by atoms with Crippen molar-refractivity contribution in [3.05, 3.63) is 25.4 Å². The van der Waals surface area contributed by atoms with Gasteiger partial charge in [-0.15, -0.1) is 0 Å². The monoisotopic (exact) mass is 805 g/mol. The van der Waals surface area contributed by atoms with Crippen LogP contribution in [0.25, 0.3) is 0 Å². The average molecular weight is 805 g/mol. The molecule has 1 aromatic carbocycles. The van der Waals surface area contributed by atoms with Crippen molar-refractivity contribution >= 4 is 112 Å². The highest BCUT2D eigenvalue weighted by atomic mass is 127. The summed E-state index contributed by atoms with van der Waals surface area (Å²) in [5.74, 6) is -1.82. The molecule has 0 heterocycles. The third-order valence-corrected chi connectivity index (χ3v) is 10.8. The minimum atomic E-state index is -4.18. The second-order valence-corrected chi connectivity index (χ2v) is 10.2. The van der Waals surface area contributed by atoms with Crippen LogP contribution in [-0.2, 0) is 14.9 Å². The Bertz CT molecular complexity index is 780. The summed E-state index contributed by atoms with van der Waals surface area (Å²) in [5, 5.41) is 2.41. The van der Waals surface area contributed by atoms with Gasteiger partial charge in [0.05, 0.1) is 23.5 Å². The van der Waals surface area contributed by atoms with Gasteiger partial charge in [0.2, 0.25) is 0 Å². The van der Waals surface area contributed by atoms with Gasteiger partial charge in [0, 0.05) is 20.8 Å². The normalized spacial score (nSPS) is 11.2. The topological polar surface area (TPSA) is 110 Å². The predicted octanol–water partition coefficient (Wildman–Crippen LogP) is 2.90. The quantitative estimate of drug-likeness (QED) is 0.151. The van der Waals surface area contributed by atoms with E-state index in [-0.39, 0.29) is 24.3 Å². The molecule has 12 heteroatoms. The zero-order valence-electron chi connectivity index (χ0n) is 12.0. The van der Waals surface area contributed by atoms with E-state index in [2.05, 4.69) is 50.5 Å². The van der Waals surface area contributed by atoms with Crippen molar-refractivity contribution in [1.29, 1.82) is 0 Å². The van der Waals surface area contributed by atoms with E-state index in [9.17, 15) is 18.0 Å². The Hall–Kier alpha value is 0.990. The maximum Gasteiger partial charge on any atom is 0.340 e. The maximum atomic E-state index is 12.5. The Morgan fingerprint density at radius 2 is 1.54 bits per heavy atom. The van der Waals surface area contributed by atoms with Crippen molar-refractivity contribution < 1.29 is 27.3 Å². The standard InChI is InChI=1S/C12H11I4NO6S/c1-2-23-12(19)6-5(7(13)9(15)10(16)8(6)14)11(18)17-3-4-24(20,21)22/h2-4H2,1H3,(H,17,18)(H,20,21,22). The molecule has 0 saturated carbocycles. The van der Waals surface area contributed by atoms with Gasteiger partial charge in [-0.1, -0.05) is 0 Å². The molecule has 0 fully saturated rings. The maximum absolute atomic E-state index is 12.5. The zero-order chi connectivity index (χ0) is 18.7. The van der Waals surface area contributed by atoms with Crippen LogP contribution in [0.4, 0.5) is 0 Å². The van der Waals surface area contributed by atoms with Gasteiger partial charge in [0.15, 0.2) is 0 Å². The minimum Gasteiger partial charge on any atom is -0.462 e. The number of carbonyl (C=O) groups excluding carboxylic acids is 2. The molecular formula is C12H11I4NO6S. The second kappa shape index (κ2) is 9.79. The molecule has 0 saturated heterocycles. The van der Waals surface area contributed by atoms with Gasteiger partial charge in [0.25, 0.3) is 16.0 Å². The Morgan fingerprint density at radius 1 is 1.04 bits per heavy atom. The van der Waals surface area contributed by atoms with Crippen LogP contribution in [-0.4, -0.2) is 43.8 Å². The Balaban J connectivity index is 3.34. The third-order valence-electron chi connectivity index (χ3n) is 2.62. The van der Waals surface area contributed by atoms with Gasteiger partial charge in [-0.05, 0) is 97.3 Å². The Labute approximate surface area is 193 Å². The molecule has 7 nitrogen and oxygen atoms in total. The lowest BCUT2D eigenvalue weighted by Crippen LogP contribution is -2.32. The highest BCUT2D eigenvalue weighted by Crippen LogP contribution is 2.33. The summed E-state index contributed by atoms with van der Waals surface area (Å²) in [6, 6.07) is 0. The van der Waals surface area contributed by atoms with Gasteiger partial charge < -0.3 is 10.1 Å². The fourth-order valence-corrected chi connectivity index (χ4v) is 5.64. The van der Waals surface area contributed by atoms with Crippen LogP contribution in [0.5, 0.6) is 0 Å². The lowest BCUT2D eigenvalue weighted by atomic mass is 10.1. The van der Waals surface area contributed by atoms with E-state index in [4.69, 9.17) is 9.29 Å². The molecule has 0 aliphatic rings. The van der Waals surface area contributed by atoms with Crippen LogP contribution < -0.4 is 5.32 Å². The average Bonchev–Trinajstić information content (AvgIpc) is 2.47. The Kier molecular flexibility index (Phi) is 9.39. The molecule has 1 aromatic rings. The number of hydrogen-bond donors (Lipinski definition) is 2. The summed E-state index contributed by atoms with van der Waals surface area (Å²) >= 11 is 8.11. The number of ether oxygens (including phenoxy) is 1. The van der Waals surface area contributed by atoms with Crippen LogP contribution in [0.2, 0.25) is 0 Å². The third kappa shape index (κ3) is 6.02. The van der Waals surface area contributed by atoms with E-state index >= 15 is 0 Å². The van der Waals surface area contributed by atoms with E-state index in [0.29, 0.717) is 7.14 Å². The van der Waals surface area contributed by atoms with Crippen LogP contribution in [0, 0.1) is 14.3 Å². The molecule has 0 aliphatic heterocycles. The molecule has 0 unspecified atom stereocenters. The number of nitrogens with one attached hydrogen (secondary N) is 1. The first kappa shape index (κ1) is 23.0. The van der Waals surface area contributed by atoms with Gasteiger partial charge in [0.1, 0.15) is 0 Å². The fraction of sp³-hybridized carbons (Fsp3) is 0.333. The molecule has 1 amide bonds. The largest absolute Gasteiger partial charge is 0.462 e. The van der Waals surface area contributed by atoms with Crippen LogP contribution >= 0.6 is 90.4 Å². The molecule has 1 rings (SSSR count). The molecule has 0 bridgehead atoms. The number of hydrogen-bond acceptors (Lipinski definition) is 5. The SMILES string of the molecule is CCOC(=O)c1c(I)c(I)c(I)c(I)c1C(=O)NCCS(=O)(=O)O. The van der Waals surface area contributed by atoms with Crippen LogP contribution in [0.3, 0.4) is 0 Å². The van der Waals surface area contributed by atoms with Crippen molar-refractivity contribution in [2.45, 2.75) is 6.92 Å². The molecule has 0 spiro atoms. The smallest absolute Gasteiger partial charge is 0.340 e. The number of rotatable bonds is 6. The van der Waals surface area contributed by atoms with E-state index in [1.165, 1.54) is 0 Å². The highest BCUT2D eigenvalue weighted by molar-refractivity contribution is 14.1. The lowest BCUT2D eigenvalue weighted by molar-refractivity contribution is 0.0521. The minimum absolute atomic E-state index is 0.138. The highest BCUT2D eigenvalue weighted by Gasteiger charge is 2.28. The summed E-state index contributed by atoms with van der Waals surface area (Å²) in [7, 11) is -4.18. The van der Waals surface area contributed by atoms with Crippen molar-refractivity contribution in [3.63, 3.8) is 0 Å². The van der Waals surface area contributed by atoms with Gasteiger partial charge >= 0.3 is 5.97 Å². The fourth-order valence-electron chi connectivity index (χ4n) is 1.62. The summed E-state index contributed by atoms with van der Waals surface area (Å²) in [6.07, 6.45) is 0. The van der Waals surface area contributed by atoms with Gasteiger partial charge in [-0.25, -0.2) is 4.79 Å². The molecule has 134 valence electrons. The first-order valence-corrected chi connectivity index (χ1v) is 12.2. The van der Waals surface area contributed by atoms with Crippen molar-refractivity contribution in [2.24, 2.45) is 0 Å².